The first-order valence-corrected chi connectivity index (χ1v) is 4.77. The van der Waals surface area contributed by atoms with Gasteiger partial charge in [0.25, 0.3) is 0 Å². The maximum absolute atomic E-state index is 11.0. The normalized spacial score (nSPS) is 16.2. The van der Waals surface area contributed by atoms with Gasteiger partial charge in [0.15, 0.2) is 0 Å². The second kappa shape index (κ2) is 5.07. The Bertz CT molecular complexity index is 196. The number of rotatable bonds is 4. The molecule has 0 aromatic rings. The second-order valence-electron chi connectivity index (χ2n) is 2.45. The molecule has 1 N–H and O–H groups in total. The smallest absolute Gasteiger partial charge is 0.230 e. The molecule has 0 unspecified atom stereocenters. The van der Waals surface area contributed by atoms with Crippen LogP contribution in [0.15, 0.2) is 0 Å². The molecule has 66 valence electrons. The van der Waals surface area contributed by atoms with Crippen LogP contribution >= 0.6 is 11.8 Å². The van der Waals surface area contributed by atoms with E-state index in [1.165, 1.54) is 0 Å². The van der Waals surface area contributed by atoms with Crippen molar-refractivity contribution < 1.29 is 9.53 Å². The molecule has 0 aromatic heterocycles. The molecule has 1 aliphatic rings. The van der Waals surface area contributed by atoms with Crippen molar-refractivity contribution in [1.29, 1.82) is 0 Å². The Morgan fingerprint density at radius 2 is 2.50 bits per heavy atom. The zero-order valence-electron chi connectivity index (χ0n) is 6.71. The predicted octanol–water partition coefficient (Wildman–Crippen LogP) is -0.132. The van der Waals surface area contributed by atoms with Gasteiger partial charge in [-0.25, -0.2) is 0 Å². The third-order valence-corrected chi connectivity index (χ3v) is 2.62. The molecule has 12 heavy (non-hydrogen) atoms. The molecule has 1 fully saturated rings. The van der Waals surface area contributed by atoms with Gasteiger partial charge >= 0.3 is 0 Å². The van der Waals surface area contributed by atoms with E-state index in [0.29, 0.717) is 17.5 Å². The lowest BCUT2D eigenvalue weighted by Crippen LogP contribution is -2.33. The lowest BCUT2D eigenvalue weighted by molar-refractivity contribution is -0.118. The van der Waals surface area contributed by atoms with Gasteiger partial charge in [0, 0.05) is 0 Å². The molecule has 0 atom stereocenters. The van der Waals surface area contributed by atoms with Crippen LogP contribution in [0.4, 0.5) is 0 Å². The number of ether oxygens (including phenoxy) is 1. The number of amides is 1. The van der Waals surface area contributed by atoms with Crippen LogP contribution in [0.25, 0.3) is 0 Å². The molecule has 4 heteroatoms. The van der Waals surface area contributed by atoms with Crippen LogP contribution in [0.3, 0.4) is 0 Å². The number of nitrogens with one attached hydrogen (secondary N) is 1. The van der Waals surface area contributed by atoms with Gasteiger partial charge in [-0.05, 0) is 0 Å². The van der Waals surface area contributed by atoms with E-state index in [1.54, 1.807) is 11.8 Å². The van der Waals surface area contributed by atoms with E-state index in [0.717, 1.165) is 13.2 Å². The summed E-state index contributed by atoms with van der Waals surface area (Å²) in [6.45, 7) is 1.86. The zero-order chi connectivity index (χ0) is 8.81. The highest BCUT2D eigenvalue weighted by Gasteiger charge is 2.19. The minimum absolute atomic E-state index is 0.00449. The van der Waals surface area contributed by atoms with Crippen LogP contribution in [0.1, 0.15) is 0 Å². The van der Waals surface area contributed by atoms with Gasteiger partial charge in [-0.15, -0.1) is 18.2 Å². The van der Waals surface area contributed by atoms with Gasteiger partial charge in [-0.2, -0.15) is 0 Å². The van der Waals surface area contributed by atoms with Crippen molar-refractivity contribution in [2.45, 2.75) is 5.25 Å². The molecule has 0 spiro atoms. The molecule has 1 amide bonds. The predicted molar refractivity (Wildman–Crippen MR) is 48.9 cm³/mol. The fourth-order valence-corrected chi connectivity index (χ4v) is 1.58. The van der Waals surface area contributed by atoms with E-state index in [4.69, 9.17) is 11.2 Å². The maximum Gasteiger partial charge on any atom is 0.230 e. The minimum Gasteiger partial charge on any atom is -0.379 e. The molecule has 3 nitrogen and oxygen atoms in total. The van der Waals surface area contributed by atoms with Crippen LogP contribution in [0.5, 0.6) is 0 Å². The minimum atomic E-state index is 0.00449. The van der Waals surface area contributed by atoms with Crippen molar-refractivity contribution in [3.05, 3.63) is 0 Å². The lowest BCUT2D eigenvalue weighted by atomic mass is 10.4. The highest BCUT2D eigenvalue weighted by Crippen LogP contribution is 2.18. The summed E-state index contributed by atoms with van der Waals surface area (Å²) in [6.07, 6.45) is 4.98. The molecule has 1 rings (SSSR count). The number of hydrogen-bond acceptors (Lipinski definition) is 3. The van der Waals surface area contributed by atoms with Crippen LogP contribution in [-0.4, -0.2) is 36.7 Å². The first-order valence-electron chi connectivity index (χ1n) is 3.72. The summed E-state index contributed by atoms with van der Waals surface area (Å²) >= 11 is 1.62. The van der Waals surface area contributed by atoms with Crippen LogP contribution in [0.2, 0.25) is 0 Å². The first kappa shape index (κ1) is 9.43. The van der Waals surface area contributed by atoms with Crippen LogP contribution < -0.4 is 5.32 Å². The SMILES string of the molecule is C#CCNC(=O)CSC1COC1. The maximum atomic E-state index is 11.0. The highest BCUT2D eigenvalue weighted by atomic mass is 32.2. The Kier molecular flexibility index (Phi) is 3.98. The topological polar surface area (TPSA) is 38.3 Å². The van der Waals surface area contributed by atoms with Gasteiger partial charge in [0.2, 0.25) is 5.91 Å². The number of carbonyl (C=O) groups excluding carboxylic acids is 1. The number of carbonyl (C=O) groups is 1. The highest BCUT2D eigenvalue weighted by molar-refractivity contribution is 8.00. The Morgan fingerprint density at radius 3 is 3.00 bits per heavy atom. The second-order valence-corrected chi connectivity index (χ2v) is 3.74. The van der Waals surface area contributed by atoms with E-state index in [9.17, 15) is 4.79 Å². The monoisotopic (exact) mass is 185 g/mol. The molecule has 1 heterocycles. The van der Waals surface area contributed by atoms with E-state index in [1.807, 2.05) is 0 Å². The Morgan fingerprint density at radius 1 is 1.75 bits per heavy atom. The summed E-state index contributed by atoms with van der Waals surface area (Å²) in [5.74, 6) is 2.83. The van der Waals surface area contributed by atoms with Crippen molar-refractivity contribution in [2.24, 2.45) is 0 Å². The Balaban J connectivity index is 1.98. The quantitative estimate of drug-likeness (QED) is 0.620. The molecular weight excluding hydrogens is 174 g/mol. The molecule has 0 aliphatic carbocycles. The fraction of sp³-hybridized carbons (Fsp3) is 0.625. The third-order valence-electron chi connectivity index (χ3n) is 1.45. The van der Waals surface area contributed by atoms with Crippen molar-refractivity contribution in [2.75, 3.05) is 25.5 Å². The fourth-order valence-electron chi connectivity index (χ4n) is 0.704. The third kappa shape index (κ3) is 3.16. The summed E-state index contributed by atoms with van der Waals surface area (Å²) in [5, 5.41) is 3.10. The molecular formula is C8H11NO2S. The van der Waals surface area contributed by atoms with E-state index in [2.05, 4.69) is 11.2 Å². The molecule has 1 saturated heterocycles. The summed E-state index contributed by atoms with van der Waals surface area (Å²) in [4.78, 5) is 11.0. The molecule has 0 aromatic carbocycles. The van der Waals surface area contributed by atoms with E-state index >= 15 is 0 Å². The largest absolute Gasteiger partial charge is 0.379 e. The van der Waals surface area contributed by atoms with Gasteiger partial charge in [-0.3, -0.25) is 4.79 Å². The van der Waals surface area contributed by atoms with Gasteiger partial charge < -0.3 is 10.1 Å². The number of thioether (sulfide) groups is 1. The van der Waals surface area contributed by atoms with Crippen LogP contribution in [-0.2, 0) is 9.53 Å². The number of hydrogen-bond donors (Lipinski definition) is 1. The van der Waals surface area contributed by atoms with Crippen molar-refractivity contribution in [3.63, 3.8) is 0 Å². The van der Waals surface area contributed by atoms with Crippen LogP contribution in [0, 0.1) is 12.3 Å². The van der Waals surface area contributed by atoms with E-state index < -0.39 is 0 Å². The van der Waals surface area contributed by atoms with Crippen molar-refractivity contribution >= 4 is 17.7 Å². The first-order chi connectivity index (χ1) is 5.83. The zero-order valence-corrected chi connectivity index (χ0v) is 7.52. The van der Waals surface area contributed by atoms with Crippen molar-refractivity contribution in [3.8, 4) is 12.3 Å². The lowest BCUT2D eigenvalue weighted by Gasteiger charge is -2.24. The molecule has 0 bridgehead atoms. The average Bonchev–Trinajstić information content (AvgIpc) is 1.98. The molecule has 0 radical (unpaired) electrons. The Labute approximate surface area is 76.2 Å². The summed E-state index contributed by atoms with van der Waals surface area (Å²) in [6, 6.07) is 0. The van der Waals surface area contributed by atoms with Gasteiger partial charge in [0.1, 0.15) is 0 Å². The summed E-state index contributed by atoms with van der Waals surface area (Å²) in [7, 11) is 0. The van der Waals surface area contributed by atoms with Gasteiger partial charge in [-0.1, -0.05) is 5.92 Å². The van der Waals surface area contributed by atoms with E-state index in [-0.39, 0.29) is 5.91 Å². The molecule has 1 aliphatic heterocycles. The van der Waals surface area contributed by atoms with Gasteiger partial charge in [0.05, 0.1) is 30.8 Å². The number of terminal acetylenes is 1. The standard InChI is InChI=1S/C8H11NO2S/c1-2-3-9-8(10)6-12-7-4-11-5-7/h1,7H,3-6H2,(H,9,10). The Hall–Kier alpha value is -0.660. The average molecular weight is 185 g/mol. The summed E-state index contributed by atoms with van der Waals surface area (Å²) < 4.78 is 4.96. The summed E-state index contributed by atoms with van der Waals surface area (Å²) in [5.41, 5.74) is 0. The van der Waals surface area contributed by atoms with Crippen molar-refractivity contribution in [1.82, 2.24) is 5.32 Å². The molecule has 0 saturated carbocycles.